The number of thioether (sulfide) groups is 1. The van der Waals surface area contributed by atoms with Crippen molar-refractivity contribution in [2.24, 2.45) is 0 Å². The lowest BCUT2D eigenvalue weighted by molar-refractivity contribution is 0.240. The Kier molecular flexibility index (Phi) is 5.39. The summed E-state index contributed by atoms with van der Waals surface area (Å²) in [7, 11) is 0. The van der Waals surface area contributed by atoms with E-state index in [4.69, 9.17) is 0 Å². The summed E-state index contributed by atoms with van der Waals surface area (Å²) in [4.78, 5) is 11.6. The minimum atomic E-state index is -0.0648. The Hall–Kier alpha value is -1.16. The summed E-state index contributed by atoms with van der Waals surface area (Å²) in [6, 6.07) is 9.89. The zero-order valence-corrected chi connectivity index (χ0v) is 11.3. The molecule has 0 bridgehead atoms. The predicted octanol–water partition coefficient (Wildman–Crippen LogP) is 2.77. The van der Waals surface area contributed by atoms with Crippen molar-refractivity contribution in [1.29, 1.82) is 0 Å². The summed E-state index contributed by atoms with van der Waals surface area (Å²) in [6.45, 7) is 1.37. The Morgan fingerprint density at radius 1 is 1.22 bits per heavy atom. The summed E-state index contributed by atoms with van der Waals surface area (Å²) < 4.78 is 0. The van der Waals surface area contributed by atoms with Gasteiger partial charge in [0.05, 0.1) is 0 Å². The smallest absolute Gasteiger partial charge is 0.315 e. The van der Waals surface area contributed by atoms with Crippen molar-refractivity contribution in [3.8, 4) is 0 Å². The molecule has 1 aliphatic heterocycles. The van der Waals surface area contributed by atoms with Crippen molar-refractivity contribution in [3.63, 3.8) is 0 Å². The predicted molar refractivity (Wildman–Crippen MR) is 76.8 cm³/mol. The van der Waals surface area contributed by atoms with Gasteiger partial charge in [0.1, 0.15) is 0 Å². The fourth-order valence-electron chi connectivity index (χ4n) is 2.02. The van der Waals surface area contributed by atoms with Crippen LogP contribution in [0.2, 0.25) is 0 Å². The second kappa shape index (κ2) is 7.31. The number of amides is 2. The van der Waals surface area contributed by atoms with Gasteiger partial charge in [0.25, 0.3) is 0 Å². The summed E-state index contributed by atoms with van der Waals surface area (Å²) in [5.41, 5.74) is 1.12. The Labute approximate surface area is 113 Å². The largest absolute Gasteiger partial charge is 0.337 e. The normalized spacial score (nSPS) is 19.2. The number of hydrogen-bond acceptors (Lipinski definition) is 2. The molecule has 2 N–H and O–H groups in total. The van der Waals surface area contributed by atoms with Crippen LogP contribution in [0.25, 0.3) is 0 Å². The Morgan fingerprint density at radius 3 is 2.78 bits per heavy atom. The fraction of sp³-hybridized carbons (Fsp3) is 0.500. The number of carbonyl (C=O) groups is 1. The number of urea groups is 1. The maximum absolute atomic E-state index is 11.6. The molecule has 0 radical (unpaired) electrons. The number of carbonyl (C=O) groups excluding carboxylic acids is 1. The van der Waals surface area contributed by atoms with Crippen LogP contribution in [0.5, 0.6) is 0 Å². The van der Waals surface area contributed by atoms with Crippen molar-refractivity contribution in [1.82, 2.24) is 10.6 Å². The maximum atomic E-state index is 11.6. The molecule has 1 atom stereocenters. The van der Waals surface area contributed by atoms with Gasteiger partial charge in [-0.25, -0.2) is 4.79 Å². The van der Waals surface area contributed by atoms with Crippen LogP contribution in [0.4, 0.5) is 4.79 Å². The van der Waals surface area contributed by atoms with E-state index in [1.807, 2.05) is 42.1 Å². The molecule has 0 saturated carbocycles. The van der Waals surface area contributed by atoms with Gasteiger partial charge in [-0.2, -0.15) is 11.8 Å². The third kappa shape index (κ3) is 4.61. The van der Waals surface area contributed by atoms with Crippen molar-refractivity contribution >= 4 is 17.8 Å². The molecule has 0 spiro atoms. The number of nitrogens with one attached hydrogen (secondary N) is 2. The van der Waals surface area contributed by atoms with Crippen molar-refractivity contribution < 1.29 is 4.79 Å². The van der Waals surface area contributed by atoms with Gasteiger partial charge in [-0.3, -0.25) is 0 Å². The van der Waals surface area contributed by atoms with Crippen LogP contribution in [0.1, 0.15) is 24.8 Å². The van der Waals surface area contributed by atoms with Crippen LogP contribution in [0, 0.1) is 0 Å². The van der Waals surface area contributed by atoms with Crippen LogP contribution >= 0.6 is 11.8 Å². The SMILES string of the molecule is O=C(NCc1ccccc1)NCC1CCCCS1. The number of rotatable bonds is 4. The van der Waals surface area contributed by atoms with Crippen molar-refractivity contribution in [3.05, 3.63) is 35.9 Å². The monoisotopic (exact) mass is 264 g/mol. The molecule has 2 rings (SSSR count). The zero-order valence-electron chi connectivity index (χ0n) is 10.5. The van der Waals surface area contributed by atoms with Crippen LogP contribution in [0.3, 0.4) is 0 Å². The fourth-order valence-corrected chi connectivity index (χ4v) is 3.25. The number of benzene rings is 1. The van der Waals surface area contributed by atoms with Gasteiger partial charge in [0.15, 0.2) is 0 Å². The molecule has 2 amide bonds. The highest BCUT2D eigenvalue weighted by Gasteiger charge is 2.14. The van der Waals surface area contributed by atoms with Crippen LogP contribution in [0.15, 0.2) is 30.3 Å². The van der Waals surface area contributed by atoms with Crippen molar-refractivity contribution in [2.45, 2.75) is 31.1 Å². The molecular formula is C14H20N2OS. The van der Waals surface area contributed by atoms with Crippen molar-refractivity contribution in [2.75, 3.05) is 12.3 Å². The first-order chi connectivity index (χ1) is 8.84. The molecule has 1 saturated heterocycles. The molecule has 3 nitrogen and oxygen atoms in total. The molecule has 0 aliphatic carbocycles. The molecule has 1 aromatic rings. The van der Waals surface area contributed by atoms with E-state index in [2.05, 4.69) is 10.6 Å². The molecule has 0 aromatic heterocycles. The second-order valence-corrected chi connectivity index (χ2v) is 5.95. The van der Waals surface area contributed by atoms with Gasteiger partial charge in [0.2, 0.25) is 0 Å². The standard InChI is InChI=1S/C14H20N2OS/c17-14(15-10-12-6-2-1-3-7-12)16-11-13-8-4-5-9-18-13/h1-3,6-7,13H,4-5,8-11H2,(H2,15,16,17). The topological polar surface area (TPSA) is 41.1 Å². The first-order valence-electron chi connectivity index (χ1n) is 6.52. The highest BCUT2D eigenvalue weighted by atomic mass is 32.2. The van der Waals surface area contributed by atoms with Gasteiger partial charge in [0, 0.05) is 18.3 Å². The zero-order chi connectivity index (χ0) is 12.6. The summed E-state index contributed by atoms with van der Waals surface area (Å²) >= 11 is 1.98. The lowest BCUT2D eigenvalue weighted by atomic mass is 10.2. The van der Waals surface area contributed by atoms with Gasteiger partial charge < -0.3 is 10.6 Å². The average Bonchev–Trinajstić information content (AvgIpc) is 2.45. The van der Waals surface area contributed by atoms with Gasteiger partial charge in [-0.1, -0.05) is 36.8 Å². The molecule has 4 heteroatoms. The van der Waals surface area contributed by atoms with Gasteiger partial charge >= 0.3 is 6.03 Å². The van der Waals surface area contributed by atoms with E-state index in [-0.39, 0.29) is 6.03 Å². The average molecular weight is 264 g/mol. The van der Waals surface area contributed by atoms with Gasteiger partial charge in [-0.05, 0) is 24.2 Å². The van der Waals surface area contributed by atoms with Crippen LogP contribution < -0.4 is 10.6 Å². The van der Waals surface area contributed by atoms with E-state index in [0.717, 1.165) is 12.1 Å². The highest BCUT2D eigenvalue weighted by molar-refractivity contribution is 7.99. The minimum absolute atomic E-state index is 0.0648. The summed E-state index contributed by atoms with van der Waals surface area (Å²) in [5.74, 6) is 1.23. The van der Waals surface area contributed by atoms with E-state index >= 15 is 0 Å². The van der Waals surface area contributed by atoms with E-state index in [9.17, 15) is 4.79 Å². The quantitative estimate of drug-likeness (QED) is 0.878. The van der Waals surface area contributed by atoms with E-state index in [1.54, 1.807) is 0 Å². The molecule has 1 heterocycles. The first-order valence-corrected chi connectivity index (χ1v) is 7.57. The van der Waals surface area contributed by atoms with E-state index in [1.165, 1.54) is 25.0 Å². The minimum Gasteiger partial charge on any atom is -0.337 e. The molecule has 18 heavy (non-hydrogen) atoms. The maximum Gasteiger partial charge on any atom is 0.315 e. The molecular weight excluding hydrogens is 244 g/mol. The second-order valence-electron chi connectivity index (χ2n) is 4.54. The van der Waals surface area contributed by atoms with E-state index < -0.39 is 0 Å². The van der Waals surface area contributed by atoms with Gasteiger partial charge in [-0.15, -0.1) is 0 Å². The Bertz CT molecular complexity index is 363. The summed E-state index contributed by atoms with van der Waals surface area (Å²) in [5, 5.41) is 6.43. The third-order valence-corrected chi connectivity index (χ3v) is 4.46. The number of hydrogen-bond donors (Lipinski definition) is 2. The highest BCUT2D eigenvalue weighted by Crippen LogP contribution is 2.24. The first kappa shape index (κ1) is 13.3. The molecule has 1 aliphatic rings. The lowest BCUT2D eigenvalue weighted by Gasteiger charge is -2.21. The molecule has 1 fully saturated rings. The Balaban J connectivity index is 1.63. The molecule has 98 valence electrons. The van der Waals surface area contributed by atoms with Crippen LogP contribution in [-0.4, -0.2) is 23.6 Å². The molecule has 1 unspecified atom stereocenters. The molecule has 1 aromatic carbocycles. The Morgan fingerprint density at radius 2 is 2.06 bits per heavy atom. The van der Waals surface area contributed by atoms with Crippen LogP contribution in [-0.2, 0) is 6.54 Å². The van der Waals surface area contributed by atoms with E-state index in [0.29, 0.717) is 11.8 Å². The third-order valence-electron chi connectivity index (χ3n) is 3.06. The summed E-state index contributed by atoms with van der Waals surface area (Å²) in [6.07, 6.45) is 3.84. The lowest BCUT2D eigenvalue weighted by Crippen LogP contribution is -2.39.